The van der Waals surface area contributed by atoms with Crippen LogP contribution in [0.25, 0.3) is 0 Å². The summed E-state index contributed by atoms with van der Waals surface area (Å²) in [7, 11) is 0. The molecule has 1 nitrogen and oxygen atoms in total. The Bertz CT molecular complexity index is 448. The molecule has 0 saturated heterocycles. The summed E-state index contributed by atoms with van der Waals surface area (Å²) in [5, 5.41) is 0. The molecule has 0 aromatic heterocycles. The van der Waals surface area contributed by atoms with Crippen molar-refractivity contribution in [3.05, 3.63) is 59.7 Å². The van der Waals surface area contributed by atoms with Gasteiger partial charge in [-0.2, -0.15) is 0 Å². The van der Waals surface area contributed by atoms with E-state index in [0.29, 0.717) is 0 Å². The molecule has 0 radical (unpaired) electrons. The molecule has 2 heteroatoms. The van der Waals surface area contributed by atoms with Crippen LogP contribution in [0.2, 0.25) is 0 Å². The molecular formula is C14H14OS. The second-order valence-electron chi connectivity index (χ2n) is 3.90. The zero-order chi connectivity index (χ0) is 11.5. The second kappa shape index (κ2) is 4.73. The van der Waals surface area contributed by atoms with Gasteiger partial charge in [0.2, 0.25) is 0 Å². The number of aryl methyl sites for hydroxylation is 2. The maximum absolute atomic E-state index is 12.3. The first-order chi connectivity index (χ1) is 7.66. The minimum atomic E-state index is -1.07. The third-order valence-corrected chi connectivity index (χ3v) is 3.77. The van der Waals surface area contributed by atoms with Gasteiger partial charge in [-0.1, -0.05) is 24.3 Å². The molecule has 0 saturated carbocycles. The van der Waals surface area contributed by atoms with E-state index < -0.39 is 11.2 Å². The molecule has 2 aromatic carbocycles. The monoisotopic (exact) mass is 230 g/mol. The van der Waals surface area contributed by atoms with Crippen LogP contribution in [0, 0.1) is 13.8 Å². The van der Waals surface area contributed by atoms with Crippen LogP contribution in [0.1, 0.15) is 11.1 Å². The highest BCUT2D eigenvalue weighted by Gasteiger charge is 2.14. The minimum Gasteiger partial charge on any atom is -0.606 e. The molecule has 0 aliphatic rings. The van der Waals surface area contributed by atoms with Gasteiger partial charge in [0.15, 0.2) is 9.79 Å². The Morgan fingerprint density at radius 1 is 0.812 bits per heavy atom. The van der Waals surface area contributed by atoms with E-state index >= 15 is 0 Å². The molecule has 0 fully saturated rings. The van der Waals surface area contributed by atoms with Crippen molar-refractivity contribution in [2.75, 3.05) is 0 Å². The third kappa shape index (κ3) is 2.46. The van der Waals surface area contributed by atoms with Crippen LogP contribution in [0.5, 0.6) is 0 Å². The van der Waals surface area contributed by atoms with Crippen molar-refractivity contribution in [1.82, 2.24) is 0 Å². The lowest BCUT2D eigenvalue weighted by Crippen LogP contribution is -2.02. The molecule has 0 aliphatic carbocycles. The van der Waals surface area contributed by atoms with E-state index in [1.807, 2.05) is 62.4 Å². The fraction of sp³-hybridized carbons (Fsp3) is 0.143. The zero-order valence-electron chi connectivity index (χ0n) is 9.44. The van der Waals surface area contributed by atoms with Crippen LogP contribution in [0.4, 0.5) is 0 Å². The topological polar surface area (TPSA) is 23.1 Å². The molecule has 0 spiro atoms. The second-order valence-corrected chi connectivity index (χ2v) is 5.38. The molecule has 16 heavy (non-hydrogen) atoms. The van der Waals surface area contributed by atoms with Crippen LogP contribution in [0.3, 0.4) is 0 Å². The van der Waals surface area contributed by atoms with Gasteiger partial charge in [-0.15, -0.1) is 0 Å². The summed E-state index contributed by atoms with van der Waals surface area (Å²) in [6.45, 7) is 4.02. The maximum atomic E-state index is 12.3. The first kappa shape index (κ1) is 11.2. The van der Waals surface area contributed by atoms with E-state index in [2.05, 4.69) is 0 Å². The van der Waals surface area contributed by atoms with Gasteiger partial charge in [0.1, 0.15) is 0 Å². The van der Waals surface area contributed by atoms with E-state index in [0.717, 1.165) is 20.9 Å². The normalized spacial score (nSPS) is 10.8. The van der Waals surface area contributed by atoms with E-state index in [1.54, 1.807) is 0 Å². The average molecular weight is 230 g/mol. The largest absolute Gasteiger partial charge is 0.606 e. The Morgan fingerprint density at radius 3 is 1.62 bits per heavy atom. The number of hydrogen-bond donors (Lipinski definition) is 0. The fourth-order valence-electron chi connectivity index (χ4n) is 1.60. The standard InChI is InChI=1S/C14H14OS/c1-11-5-3-7-13(9-11)16(15)14-8-4-6-12(2)10-14/h3-10H,1-2H3. The van der Waals surface area contributed by atoms with E-state index in [4.69, 9.17) is 0 Å². The van der Waals surface area contributed by atoms with Crippen molar-refractivity contribution in [2.45, 2.75) is 23.6 Å². The van der Waals surface area contributed by atoms with Crippen molar-refractivity contribution < 1.29 is 4.55 Å². The molecule has 0 aliphatic heterocycles. The van der Waals surface area contributed by atoms with Gasteiger partial charge in [0.25, 0.3) is 0 Å². The van der Waals surface area contributed by atoms with Gasteiger partial charge in [-0.25, -0.2) is 0 Å². The Hall–Kier alpha value is -1.25. The lowest BCUT2D eigenvalue weighted by atomic mass is 10.2. The van der Waals surface area contributed by atoms with Crippen molar-refractivity contribution in [2.24, 2.45) is 0 Å². The van der Waals surface area contributed by atoms with E-state index in [9.17, 15) is 4.55 Å². The summed E-state index contributed by atoms with van der Waals surface area (Å²) in [4.78, 5) is 1.73. The molecule has 0 atom stereocenters. The zero-order valence-corrected chi connectivity index (χ0v) is 10.3. The average Bonchev–Trinajstić information content (AvgIpc) is 2.28. The fourth-order valence-corrected chi connectivity index (χ4v) is 2.86. The van der Waals surface area contributed by atoms with Crippen molar-refractivity contribution in [3.63, 3.8) is 0 Å². The predicted octanol–water partition coefficient (Wildman–Crippen LogP) is 3.47. The van der Waals surface area contributed by atoms with E-state index in [-0.39, 0.29) is 0 Å². The van der Waals surface area contributed by atoms with Gasteiger partial charge >= 0.3 is 0 Å². The summed E-state index contributed by atoms with van der Waals surface area (Å²) in [5.74, 6) is 0. The van der Waals surface area contributed by atoms with Gasteiger partial charge in [0, 0.05) is 11.2 Å². The van der Waals surface area contributed by atoms with Crippen LogP contribution in [-0.4, -0.2) is 4.55 Å². The smallest absolute Gasteiger partial charge is 0.158 e. The van der Waals surface area contributed by atoms with Crippen molar-refractivity contribution in [1.29, 1.82) is 0 Å². The number of hydrogen-bond acceptors (Lipinski definition) is 1. The van der Waals surface area contributed by atoms with Crippen LogP contribution < -0.4 is 0 Å². The van der Waals surface area contributed by atoms with Gasteiger partial charge in [-0.05, 0) is 49.2 Å². The van der Waals surface area contributed by atoms with Gasteiger partial charge < -0.3 is 4.55 Å². The summed E-state index contributed by atoms with van der Waals surface area (Å²) in [6, 6.07) is 15.7. The highest BCUT2D eigenvalue weighted by molar-refractivity contribution is 7.91. The van der Waals surface area contributed by atoms with Gasteiger partial charge in [-0.3, -0.25) is 0 Å². The maximum Gasteiger partial charge on any atom is 0.158 e. The lowest BCUT2D eigenvalue weighted by Gasteiger charge is -2.10. The summed E-state index contributed by atoms with van der Waals surface area (Å²) in [5.41, 5.74) is 2.28. The molecular weight excluding hydrogens is 216 g/mol. The lowest BCUT2D eigenvalue weighted by molar-refractivity contribution is 0.595. The molecule has 0 heterocycles. The molecule has 82 valence electrons. The Kier molecular flexibility index (Phi) is 3.32. The summed E-state index contributed by atoms with van der Waals surface area (Å²) < 4.78 is 12.3. The molecule has 2 rings (SSSR count). The molecule has 0 bridgehead atoms. The van der Waals surface area contributed by atoms with Crippen molar-refractivity contribution >= 4 is 11.2 Å². The highest BCUT2D eigenvalue weighted by Crippen LogP contribution is 2.21. The highest BCUT2D eigenvalue weighted by atomic mass is 32.2. The predicted molar refractivity (Wildman–Crippen MR) is 67.0 cm³/mol. The summed E-state index contributed by atoms with van der Waals surface area (Å²) in [6.07, 6.45) is 0. The van der Waals surface area contributed by atoms with E-state index in [1.165, 1.54) is 0 Å². The number of rotatable bonds is 2. The Morgan fingerprint density at radius 2 is 1.25 bits per heavy atom. The first-order valence-corrected chi connectivity index (χ1v) is 6.37. The molecule has 0 unspecified atom stereocenters. The minimum absolute atomic E-state index is 0.866. The Balaban J connectivity index is 2.35. The SMILES string of the molecule is Cc1cccc([S+]([O-])c2cccc(C)c2)c1. The molecule has 0 N–H and O–H groups in total. The summed E-state index contributed by atoms with van der Waals surface area (Å²) >= 11 is -1.07. The Labute approximate surface area is 99.3 Å². The third-order valence-electron chi connectivity index (χ3n) is 2.41. The quantitative estimate of drug-likeness (QED) is 0.724. The molecule has 2 aromatic rings. The van der Waals surface area contributed by atoms with Crippen LogP contribution in [0.15, 0.2) is 58.3 Å². The number of benzene rings is 2. The van der Waals surface area contributed by atoms with Gasteiger partial charge in [0.05, 0.1) is 0 Å². The first-order valence-electron chi connectivity index (χ1n) is 5.22. The van der Waals surface area contributed by atoms with Crippen LogP contribution in [-0.2, 0) is 11.2 Å². The molecule has 0 amide bonds. The van der Waals surface area contributed by atoms with Crippen molar-refractivity contribution in [3.8, 4) is 0 Å². The van der Waals surface area contributed by atoms with Crippen LogP contribution >= 0.6 is 0 Å².